The van der Waals surface area contributed by atoms with Crippen LogP contribution in [0.2, 0.25) is 0 Å². The maximum absolute atomic E-state index is 14.2. The Kier molecular flexibility index (Phi) is 21.1. The van der Waals surface area contributed by atoms with Gasteiger partial charge in [0.15, 0.2) is 0 Å². The van der Waals surface area contributed by atoms with Crippen molar-refractivity contribution in [2.75, 3.05) is 26.2 Å². The van der Waals surface area contributed by atoms with Crippen LogP contribution >= 0.6 is 0 Å². The van der Waals surface area contributed by atoms with Gasteiger partial charge in [-0.25, -0.2) is 13.1 Å². The summed E-state index contributed by atoms with van der Waals surface area (Å²) in [4.78, 5) is 82.5. The molecule has 5 amide bonds. The normalized spacial score (nSPS) is 23.1. The van der Waals surface area contributed by atoms with Crippen LogP contribution < -0.4 is 26.4 Å². The number of nitrogens with zero attached hydrogens (tertiary/aromatic N) is 1. The molecule has 0 aromatic heterocycles. The number of unbranched alkanes of at least 4 members (excludes halogenated alkanes) is 6. The summed E-state index contributed by atoms with van der Waals surface area (Å²) in [6, 6.07) is -1.94. The van der Waals surface area contributed by atoms with Gasteiger partial charge < -0.3 is 21.7 Å². The van der Waals surface area contributed by atoms with E-state index in [-0.39, 0.29) is 60.4 Å². The number of Topliss-reactive ketones (excluding diaryl/α,β-unsaturated/α-hetero) is 1. The zero-order chi connectivity index (χ0) is 44.3. The summed E-state index contributed by atoms with van der Waals surface area (Å²) in [6.07, 6.45) is 25.2. The Morgan fingerprint density at radius 3 is 1.81 bits per heavy atom. The first-order valence-corrected chi connectivity index (χ1v) is 26.5. The van der Waals surface area contributed by atoms with Crippen molar-refractivity contribution in [1.29, 1.82) is 0 Å². The Balaban J connectivity index is 1.12. The molecule has 6 N–H and O–H groups in total. The molecule has 5 aliphatic rings. The van der Waals surface area contributed by atoms with Gasteiger partial charge in [0.25, 0.3) is 5.91 Å². The number of hydrogen-bond donors (Lipinski definition) is 5. The lowest BCUT2D eigenvalue weighted by Gasteiger charge is -2.29. The number of nitrogens with one attached hydrogen (secondary N) is 4. The van der Waals surface area contributed by atoms with Crippen molar-refractivity contribution in [3.05, 3.63) is 0 Å². The number of nitrogens with two attached hydrogens (primary N) is 1. The lowest BCUT2D eigenvalue weighted by molar-refractivity contribution is -0.141. The van der Waals surface area contributed by atoms with Gasteiger partial charge in [-0.15, -0.1) is 0 Å². The van der Waals surface area contributed by atoms with Gasteiger partial charge in [0.05, 0.1) is 23.1 Å². The molecule has 4 saturated carbocycles. The molecule has 14 nitrogen and oxygen atoms in total. The highest BCUT2D eigenvalue weighted by Crippen LogP contribution is 2.38. The predicted molar refractivity (Wildman–Crippen MR) is 240 cm³/mol. The topological polar surface area (TPSA) is 214 Å². The third-order valence-electron chi connectivity index (χ3n) is 14.8. The molecule has 5 fully saturated rings. The zero-order valence-corrected chi connectivity index (χ0v) is 38.5. The van der Waals surface area contributed by atoms with Crippen molar-refractivity contribution in [2.24, 2.45) is 35.3 Å². The monoisotopic (exact) mass is 889 g/mol. The summed E-state index contributed by atoms with van der Waals surface area (Å²) >= 11 is 0. The van der Waals surface area contributed by atoms with Crippen LogP contribution in [0.4, 0.5) is 0 Å². The summed E-state index contributed by atoms with van der Waals surface area (Å²) < 4.78 is 28.1. The molecule has 62 heavy (non-hydrogen) atoms. The summed E-state index contributed by atoms with van der Waals surface area (Å²) in [5.41, 5.74) is 5.82. The Labute approximate surface area is 372 Å². The molecule has 5 rings (SSSR count). The first-order valence-electron chi connectivity index (χ1n) is 25.0. The van der Waals surface area contributed by atoms with Crippen LogP contribution in [0, 0.1) is 29.6 Å². The molecule has 5 atom stereocenters. The molecule has 0 spiro atoms. The molecule has 0 radical (unpaired) electrons. The largest absolute Gasteiger partial charge is 0.348 e. The Morgan fingerprint density at radius 1 is 0.613 bits per heavy atom. The van der Waals surface area contributed by atoms with Crippen molar-refractivity contribution in [3.8, 4) is 0 Å². The molecular formula is C47H80N6O8S. The van der Waals surface area contributed by atoms with Crippen molar-refractivity contribution < 1.29 is 37.2 Å². The summed E-state index contributed by atoms with van der Waals surface area (Å²) in [5, 5.41) is 8.16. The van der Waals surface area contributed by atoms with Gasteiger partial charge in [-0.3, -0.25) is 33.7 Å². The van der Waals surface area contributed by atoms with E-state index >= 15 is 0 Å². The second-order valence-corrected chi connectivity index (χ2v) is 21.4. The number of rotatable bonds is 27. The molecule has 15 heteroatoms. The van der Waals surface area contributed by atoms with Crippen molar-refractivity contribution in [1.82, 2.24) is 25.6 Å². The minimum atomic E-state index is -3.52. The SMILES string of the molecule is NCCCC[C@H](NC(=O)C(CCCCCCCCN1C(=O)C2CCCCC2C1=O)C1CCCC1)C(=O)N[C@@H](CC1CCCCC1)C(=O)C(=O)NCCNS(=O)(=O)C1CCCCC1. The van der Waals surface area contributed by atoms with E-state index in [2.05, 4.69) is 20.7 Å². The van der Waals surface area contributed by atoms with E-state index in [9.17, 15) is 37.2 Å². The van der Waals surface area contributed by atoms with E-state index in [0.717, 1.165) is 148 Å². The number of imide groups is 1. The number of likely N-dealkylation sites (tertiary alicyclic amines) is 1. The highest BCUT2D eigenvalue weighted by atomic mass is 32.2. The molecule has 352 valence electrons. The molecule has 3 unspecified atom stereocenters. The number of ketones is 1. The van der Waals surface area contributed by atoms with Crippen LogP contribution in [0.3, 0.4) is 0 Å². The third-order valence-corrected chi connectivity index (χ3v) is 16.8. The zero-order valence-electron chi connectivity index (χ0n) is 37.7. The molecule has 1 aliphatic heterocycles. The van der Waals surface area contributed by atoms with Gasteiger partial charge in [-0.1, -0.05) is 109 Å². The van der Waals surface area contributed by atoms with Gasteiger partial charge in [0.1, 0.15) is 6.04 Å². The number of carbonyl (C=O) groups is 6. The average molecular weight is 889 g/mol. The van der Waals surface area contributed by atoms with Crippen LogP contribution in [0.25, 0.3) is 0 Å². The van der Waals surface area contributed by atoms with E-state index in [1.165, 1.54) is 4.90 Å². The van der Waals surface area contributed by atoms with Gasteiger partial charge in [0.2, 0.25) is 39.4 Å². The van der Waals surface area contributed by atoms with Crippen LogP contribution in [0.5, 0.6) is 0 Å². The van der Waals surface area contributed by atoms with Crippen LogP contribution in [0.1, 0.15) is 186 Å². The number of carbonyl (C=O) groups excluding carboxylic acids is 6. The van der Waals surface area contributed by atoms with E-state index in [1.807, 2.05) is 0 Å². The Hall–Kier alpha value is -2.91. The number of sulfonamides is 1. The van der Waals surface area contributed by atoms with Gasteiger partial charge in [-0.05, 0) is 95.4 Å². The number of amides is 5. The molecule has 0 bridgehead atoms. The number of hydrogen-bond acceptors (Lipinski definition) is 9. The van der Waals surface area contributed by atoms with E-state index in [4.69, 9.17) is 5.73 Å². The average Bonchev–Trinajstić information content (AvgIpc) is 3.90. The van der Waals surface area contributed by atoms with Crippen molar-refractivity contribution in [2.45, 2.75) is 204 Å². The number of fused-ring (bicyclic) bond motifs is 1. The Bertz CT molecular complexity index is 1550. The lowest BCUT2D eigenvalue weighted by atomic mass is 9.81. The lowest BCUT2D eigenvalue weighted by Crippen LogP contribution is -2.55. The maximum Gasteiger partial charge on any atom is 0.289 e. The first-order chi connectivity index (χ1) is 30.0. The standard InChI is InChI=1S/C47H80N6O8S/c48-29-17-16-28-40(44(56)52-41(33-34-19-7-5-8-20-34)42(54)45(57)49-30-31-50-62(60,61)36-23-9-6-10-24-36)51-43(55)37(35-21-12-13-22-35)25-11-3-1-2-4-18-32-53-46(58)38-26-14-15-27-39(38)47(53)59/h34-41,50H,1-33,48H2,(H,49,57)(H,51,55)(H,52,56)/t37?,38?,39?,40-,41-/m0/s1. The second kappa shape index (κ2) is 26.1. The van der Waals surface area contributed by atoms with Crippen molar-refractivity contribution >= 4 is 45.3 Å². The minimum Gasteiger partial charge on any atom is -0.348 e. The van der Waals surface area contributed by atoms with E-state index < -0.39 is 45.0 Å². The molecule has 1 heterocycles. The molecule has 4 aliphatic carbocycles. The van der Waals surface area contributed by atoms with Crippen LogP contribution in [-0.2, 0) is 38.8 Å². The van der Waals surface area contributed by atoms with Crippen molar-refractivity contribution in [3.63, 3.8) is 0 Å². The van der Waals surface area contributed by atoms with Crippen LogP contribution in [-0.4, -0.2) is 92.1 Å². The fourth-order valence-electron chi connectivity index (χ4n) is 11.1. The second-order valence-electron chi connectivity index (χ2n) is 19.4. The summed E-state index contributed by atoms with van der Waals surface area (Å²) in [5.74, 6) is -2.13. The smallest absolute Gasteiger partial charge is 0.289 e. The molecule has 0 aromatic carbocycles. The first kappa shape index (κ1) is 50.1. The molecular weight excluding hydrogens is 809 g/mol. The molecule has 0 aromatic rings. The van der Waals surface area contributed by atoms with E-state index in [0.29, 0.717) is 51.6 Å². The third kappa shape index (κ3) is 15.1. The highest BCUT2D eigenvalue weighted by molar-refractivity contribution is 7.90. The Morgan fingerprint density at radius 2 is 1.16 bits per heavy atom. The fourth-order valence-corrected chi connectivity index (χ4v) is 12.7. The van der Waals surface area contributed by atoms with Crippen LogP contribution in [0.15, 0.2) is 0 Å². The fraction of sp³-hybridized carbons (Fsp3) is 0.872. The highest BCUT2D eigenvalue weighted by Gasteiger charge is 2.47. The molecule has 1 saturated heterocycles. The minimum absolute atomic E-state index is 0.0270. The quantitative estimate of drug-likeness (QED) is 0.0388. The summed E-state index contributed by atoms with van der Waals surface area (Å²) in [7, 11) is -3.52. The van der Waals surface area contributed by atoms with Gasteiger partial charge in [0, 0.05) is 25.6 Å². The van der Waals surface area contributed by atoms with Gasteiger partial charge >= 0.3 is 0 Å². The maximum atomic E-state index is 14.2. The predicted octanol–water partition coefficient (Wildman–Crippen LogP) is 5.71. The van der Waals surface area contributed by atoms with Gasteiger partial charge in [-0.2, -0.15) is 0 Å². The van der Waals surface area contributed by atoms with E-state index in [1.54, 1.807) is 0 Å². The summed E-state index contributed by atoms with van der Waals surface area (Å²) in [6.45, 7) is 0.886.